The summed E-state index contributed by atoms with van der Waals surface area (Å²) in [4.78, 5) is 23.0. The van der Waals surface area contributed by atoms with Crippen LogP contribution in [-0.4, -0.2) is 23.4 Å². The molecule has 5 N–H and O–H groups in total. The van der Waals surface area contributed by atoms with E-state index in [-0.39, 0.29) is 11.4 Å². The van der Waals surface area contributed by atoms with E-state index in [0.29, 0.717) is 12.8 Å². The van der Waals surface area contributed by atoms with E-state index in [0.717, 1.165) is 37.0 Å². The number of nitrogens with two attached hydrogens (primary N) is 2. The number of rotatable bonds is 5. The quantitative estimate of drug-likeness (QED) is 0.689. The minimum absolute atomic E-state index is 0.0312. The van der Waals surface area contributed by atoms with Gasteiger partial charge in [-0.1, -0.05) is 0 Å². The number of nitrogens with one attached hydrogen (secondary N) is 1. The van der Waals surface area contributed by atoms with Gasteiger partial charge in [-0.3, -0.25) is 9.59 Å². The lowest BCUT2D eigenvalue weighted by molar-refractivity contribution is -0.127. The molecule has 0 heterocycles. The number of carbonyl (C=O) groups excluding carboxylic acids is 2. The Morgan fingerprint density at radius 1 is 1.10 bits per heavy atom. The molecule has 20 heavy (non-hydrogen) atoms. The maximum atomic E-state index is 12.1. The molecular formula is C15H25N3O2. The lowest BCUT2D eigenvalue weighted by Gasteiger charge is -2.57. The van der Waals surface area contributed by atoms with Crippen LogP contribution in [0.1, 0.15) is 51.4 Å². The van der Waals surface area contributed by atoms with Gasteiger partial charge in [-0.05, 0) is 62.7 Å². The molecule has 0 spiro atoms. The van der Waals surface area contributed by atoms with Gasteiger partial charge in [0.1, 0.15) is 0 Å². The second kappa shape index (κ2) is 5.02. The average Bonchev–Trinajstić information content (AvgIpc) is 2.33. The van der Waals surface area contributed by atoms with Crippen LogP contribution in [0.15, 0.2) is 0 Å². The number of carbonyl (C=O) groups is 2. The smallest absolute Gasteiger partial charge is 0.234 e. The van der Waals surface area contributed by atoms with Gasteiger partial charge in [0.25, 0.3) is 0 Å². The van der Waals surface area contributed by atoms with Crippen molar-refractivity contribution in [3.05, 3.63) is 0 Å². The minimum atomic E-state index is -0.711. The highest BCUT2D eigenvalue weighted by Crippen LogP contribution is 2.55. The SMILES string of the molecule is NC(=O)[C@@H](N)CCC(=O)NC12CC3CC(CC(C3)C1)C2. The largest absolute Gasteiger partial charge is 0.368 e. The zero-order valence-electron chi connectivity index (χ0n) is 11.9. The molecule has 0 unspecified atom stereocenters. The van der Waals surface area contributed by atoms with E-state index in [9.17, 15) is 9.59 Å². The second-order valence-corrected chi connectivity index (χ2v) is 7.29. The fourth-order valence-electron chi connectivity index (χ4n) is 5.05. The summed E-state index contributed by atoms with van der Waals surface area (Å²) >= 11 is 0. The zero-order valence-corrected chi connectivity index (χ0v) is 11.9. The van der Waals surface area contributed by atoms with E-state index in [1.54, 1.807) is 0 Å². The minimum Gasteiger partial charge on any atom is -0.368 e. The first kappa shape index (κ1) is 13.9. The Balaban J connectivity index is 1.55. The Morgan fingerprint density at radius 3 is 2.05 bits per heavy atom. The molecule has 4 bridgehead atoms. The fraction of sp³-hybridized carbons (Fsp3) is 0.867. The number of amides is 2. The molecule has 0 radical (unpaired) electrons. The third-order valence-electron chi connectivity index (χ3n) is 5.49. The van der Waals surface area contributed by atoms with Gasteiger partial charge < -0.3 is 16.8 Å². The molecule has 0 aromatic carbocycles. The molecule has 5 nitrogen and oxygen atoms in total. The molecule has 0 aromatic heterocycles. The first-order valence-electron chi connectivity index (χ1n) is 7.82. The van der Waals surface area contributed by atoms with Crippen LogP contribution in [0.2, 0.25) is 0 Å². The highest BCUT2D eigenvalue weighted by atomic mass is 16.2. The lowest BCUT2D eigenvalue weighted by Crippen LogP contribution is -2.59. The van der Waals surface area contributed by atoms with E-state index in [1.165, 1.54) is 19.3 Å². The summed E-state index contributed by atoms with van der Waals surface area (Å²) < 4.78 is 0. The van der Waals surface area contributed by atoms with Crippen LogP contribution in [0.25, 0.3) is 0 Å². The maximum Gasteiger partial charge on any atom is 0.234 e. The predicted molar refractivity (Wildman–Crippen MR) is 75.4 cm³/mol. The van der Waals surface area contributed by atoms with E-state index < -0.39 is 11.9 Å². The zero-order chi connectivity index (χ0) is 14.3. The Hall–Kier alpha value is -1.10. The van der Waals surface area contributed by atoms with Crippen molar-refractivity contribution in [3.63, 3.8) is 0 Å². The van der Waals surface area contributed by atoms with Crippen molar-refractivity contribution in [3.8, 4) is 0 Å². The van der Waals surface area contributed by atoms with Gasteiger partial charge in [0.2, 0.25) is 11.8 Å². The molecule has 4 saturated carbocycles. The molecule has 5 heteroatoms. The van der Waals surface area contributed by atoms with Gasteiger partial charge >= 0.3 is 0 Å². The van der Waals surface area contributed by atoms with E-state index in [2.05, 4.69) is 5.32 Å². The average molecular weight is 279 g/mol. The van der Waals surface area contributed by atoms with Crippen molar-refractivity contribution in [1.29, 1.82) is 0 Å². The summed E-state index contributed by atoms with van der Waals surface area (Å²) in [5.74, 6) is 1.94. The van der Waals surface area contributed by atoms with Crippen molar-refractivity contribution in [1.82, 2.24) is 5.32 Å². The van der Waals surface area contributed by atoms with Crippen molar-refractivity contribution in [2.24, 2.45) is 29.2 Å². The standard InChI is InChI=1S/C15H25N3O2/c16-12(14(17)20)1-2-13(19)18-15-6-9-3-10(7-15)5-11(4-9)8-15/h9-12H,1-8,16H2,(H2,17,20)(H,18,19)/t9?,10?,11?,12-,15?/m0/s1. The summed E-state index contributed by atoms with van der Waals surface area (Å²) in [5.41, 5.74) is 10.7. The van der Waals surface area contributed by atoms with Crippen molar-refractivity contribution in [2.45, 2.75) is 62.9 Å². The summed E-state index contributed by atoms with van der Waals surface area (Å²) in [6.45, 7) is 0. The molecule has 0 aromatic rings. The number of hydrogen-bond acceptors (Lipinski definition) is 3. The van der Waals surface area contributed by atoms with Crippen LogP contribution in [0, 0.1) is 17.8 Å². The molecule has 2 amide bonds. The molecule has 4 fully saturated rings. The van der Waals surface area contributed by atoms with Crippen LogP contribution >= 0.6 is 0 Å². The van der Waals surface area contributed by atoms with Gasteiger partial charge in [-0.25, -0.2) is 0 Å². The van der Waals surface area contributed by atoms with Crippen molar-refractivity contribution in [2.75, 3.05) is 0 Å². The Bertz CT molecular complexity index is 386. The number of primary amides is 1. The lowest BCUT2D eigenvalue weighted by atomic mass is 9.53. The summed E-state index contributed by atoms with van der Waals surface area (Å²) in [6, 6.07) is -0.711. The fourth-order valence-corrected chi connectivity index (χ4v) is 5.05. The maximum absolute atomic E-state index is 12.1. The molecule has 4 rings (SSSR count). The molecule has 0 saturated heterocycles. The molecule has 4 aliphatic carbocycles. The summed E-state index contributed by atoms with van der Waals surface area (Å²) in [5, 5.41) is 3.27. The second-order valence-electron chi connectivity index (χ2n) is 7.29. The van der Waals surface area contributed by atoms with E-state index in [1.807, 2.05) is 0 Å². The Labute approximate surface area is 119 Å². The molecule has 112 valence electrons. The molecular weight excluding hydrogens is 254 g/mol. The van der Waals surface area contributed by atoms with Crippen molar-refractivity contribution >= 4 is 11.8 Å². The van der Waals surface area contributed by atoms with Crippen LogP contribution in [0.3, 0.4) is 0 Å². The van der Waals surface area contributed by atoms with Crippen LogP contribution in [-0.2, 0) is 9.59 Å². The highest BCUT2D eigenvalue weighted by Gasteiger charge is 2.51. The van der Waals surface area contributed by atoms with Gasteiger partial charge in [-0.2, -0.15) is 0 Å². The van der Waals surface area contributed by atoms with Gasteiger partial charge in [0, 0.05) is 12.0 Å². The first-order chi connectivity index (χ1) is 9.46. The van der Waals surface area contributed by atoms with Crippen molar-refractivity contribution < 1.29 is 9.59 Å². The van der Waals surface area contributed by atoms with Gasteiger partial charge in [0.05, 0.1) is 6.04 Å². The Kier molecular flexibility index (Phi) is 3.48. The molecule has 4 aliphatic rings. The first-order valence-corrected chi connectivity index (χ1v) is 7.82. The van der Waals surface area contributed by atoms with Gasteiger partial charge in [-0.15, -0.1) is 0 Å². The third kappa shape index (κ3) is 2.68. The van der Waals surface area contributed by atoms with E-state index in [4.69, 9.17) is 11.5 Å². The highest BCUT2D eigenvalue weighted by molar-refractivity contribution is 5.81. The van der Waals surface area contributed by atoms with Crippen LogP contribution in [0.4, 0.5) is 0 Å². The predicted octanol–water partition coefficient (Wildman–Crippen LogP) is 0.664. The summed E-state index contributed by atoms with van der Waals surface area (Å²) in [7, 11) is 0. The normalized spacial score (nSPS) is 39.5. The monoisotopic (exact) mass is 279 g/mol. The molecule has 0 aliphatic heterocycles. The molecule has 1 atom stereocenters. The topological polar surface area (TPSA) is 98.2 Å². The van der Waals surface area contributed by atoms with E-state index >= 15 is 0 Å². The van der Waals surface area contributed by atoms with Gasteiger partial charge in [0.15, 0.2) is 0 Å². The number of hydrogen-bond donors (Lipinski definition) is 3. The summed E-state index contributed by atoms with van der Waals surface area (Å²) in [6.07, 6.45) is 8.16. The van der Waals surface area contributed by atoms with Crippen LogP contribution < -0.4 is 16.8 Å². The Morgan fingerprint density at radius 2 is 1.60 bits per heavy atom. The third-order valence-corrected chi connectivity index (χ3v) is 5.49. The van der Waals surface area contributed by atoms with Crippen LogP contribution in [0.5, 0.6) is 0 Å².